The van der Waals surface area contributed by atoms with E-state index in [1.165, 1.54) is 12.8 Å². The van der Waals surface area contributed by atoms with Crippen molar-refractivity contribution in [3.8, 4) is 6.07 Å². The Kier molecular flexibility index (Phi) is 10.3. The minimum atomic E-state index is -0.465. The smallest absolute Gasteiger partial charge is 0.227 e. The molecule has 2 heterocycles. The Morgan fingerprint density at radius 2 is 1.29 bits per heavy atom. The van der Waals surface area contributed by atoms with Crippen LogP contribution in [0.25, 0.3) is 22.1 Å². The van der Waals surface area contributed by atoms with Crippen molar-refractivity contribution < 1.29 is 14.7 Å². The van der Waals surface area contributed by atoms with Crippen molar-refractivity contribution in [1.82, 2.24) is 19.1 Å². The Hall–Kier alpha value is -4.23. The molecule has 2 aliphatic rings. The zero-order valence-corrected chi connectivity index (χ0v) is 29.6. The first kappa shape index (κ1) is 35.1. The maximum Gasteiger partial charge on any atom is 0.227 e. The van der Waals surface area contributed by atoms with Crippen molar-refractivity contribution in [2.75, 3.05) is 10.6 Å². The fraction of sp³-hybridized carbons (Fsp3) is 0.553. The van der Waals surface area contributed by atoms with Crippen LogP contribution < -0.4 is 10.6 Å². The van der Waals surface area contributed by atoms with Crippen molar-refractivity contribution in [2.24, 2.45) is 10.8 Å². The molecule has 1 atom stereocenters. The number of aliphatic hydroxyl groups excluding tert-OH is 1. The van der Waals surface area contributed by atoms with Crippen LogP contribution in [0, 0.1) is 22.2 Å². The number of fused-ring (bicyclic) bond motifs is 2. The lowest BCUT2D eigenvalue weighted by molar-refractivity contribution is -0.118. The third kappa shape index (κ3) is 8.24. The van der Waals surface area contributed by atoms with E-state index in [1.807, 2.05) is 58.0 Å². The Morgan fingerprint density at radius 3 is 1.69 bits per heavy atom. The molecule has 48 heavy (non-hydrogen) atoms. The van der Waals surface area contributed by atoms with Crippen LogP contribution in [0.4, 0.5) is 11.9 Å². The molecule has 2 saturated carbocycles. The number of aliphatic hydroxyl groups is 1. The minimum Gasteiger partial charge on any atom is -0.388 e. The zero-order chi connectivity index (χ0) is 34.8. The van der Waals surface area contributed by atoms with E-state index >= 15 is 0 Å². The van der Waals surface area contributed by atoms with E-state index in [2.05, 4.69) is 56.6 Å². The number of rotatable bonds is 8. The summed E-state index contributed by atoms with van der Waals surface area (Å²) < 4.78 is 4.26. The number of hydrogen-bond acceptors (Lipinski definition) is 6. The van der Waals surface area contributed by atoms with Crippen LogP contribution >= 0.6 is 0 Å². The molecular formula is C38H51N7O3. The molecule has 2 amide bonds. The molecule has 2 aromatic carbocycles. The fourth-order valence-corrected chi connectivity index (χ4v) is 6.22. The predicted octanol–water partition coefficient (Wildman–Crippen LogP) is 8.59. The van der Waals surface area contributed by atoms with Crippen LogP contribution in [0.2, 0.25) is 0 Å². The second kappa shape index (κ2) is 14.1. The van der Waals surface area contributed by atoms with E-state index in [-0.39, 0.29) is 22.6 Å². The van der Waals surface area contributed by atoms with Gasteiger partial charge in [0, 0.05) is 24.9 Å². The largest absolute Gasteiger partial charge is 0.388 e. The van der Waals surface area contributed by atoms with Gasteiger partial charge in [-0.3, -0.25) is 20.2 Å². The molecule has 0 bridgehead atoms. The van der Waals surface area contributed by atoms with Crippen LogP contribution in [0.15, 0.2) is 36.4 Å². The maximum atomic E-state index is 12.4. The van der Waals surface area contributed by atoms with Gasteiger partial charge in [0.1, 0.15) is 0 Å². The Morgan fingerprint density at radius 1 is 0.833 bits per heavy atom. The number of hydrogen-bond donors (Lipinski definition) is 3. The molecule has 2 aliphatic carbocycles. The molecule has 0 spiro atoms. The van der Waals surface area contributed by atoms with Gasteiger partial charge in [0.15, 0.2) is 0 Å². The Labute approximate surface area is 283 Å². The second-order valence-electron chi connectivity index (χ2n) is 15.8. The lowest BCUT2D eigenvalue weighted by Gasteiger charge is -2.29. The van der Waals surface area contributed by atoms with Crippen LogP contribution in [0.3, 0.4) is 0 Å². The lowest BCUT2D eigenvalue weighted by Crippen LogP contribution is -2.24. The van der Waals surface area contributed by atoms with E-state index in [0.29, 0.717) is 48.8 Å². The number of nitriles is 1. The van der Waals surface area contributed by atoms with E-state index in [4.69, 9.17) is 5.26 Å². The van der Waals surface area contributed by atoms with Crippen LogP contribution in [0.5, 0.6) is 0 Å². The average Bonchev–Trinajstić information content (AvgIpc) is 3.45. The average molecular weight is 654 g/mol. The fourth-order valence-electron chi connectivity index (χ4n) is 6.22. The van der Waals surface area contributed by atoms with Gasteiger partial charge in [-0.1, -0.05) is 54.5 Å². The normalized spacial score (nSPS) is 16.0. The van der Waals surface area contributed by atoms with E-state index in [9.17, 15) is 14.7 Å². The predicted molar refractivity (Wildman–Crippen MR) is 191 cm³/mol. The summed E-state index contributed by atoms with van der Waals surface area (Å²) in [4.78, 5) is 33.9. The van der Waals surface area contributed by atoms with Crippen LogP contribution in [-0.2, 0) is 9.59 Å². The number of aromatic nitrogens is 4. The molecule has 1 unspecified atom stereocenters. The van der Waals surface area contributed by atoms with Crippen LogP contribution in [-0.4, -0.2) is 36.0 Å². The zero-order valence-electron chi connectivity index (χ0n) is 29.6. The summed E-state index contributed by atoms with van der Waals surface area (Å²) in [6, 6.07) is 14.3. The molecule has 2 fully saturated rings. The third-order valence-electron chi connectivity index (χ3n) is 9.07. The van der Waals surface area contributed by atoms with Gasteiger partial charge in [0.25, 0.3) is 0 Å². The molecular weight excluding hydrogens is 602 g/mol. The number of nitrogens with zero attached hydrogens (tertiary/aromatic N) is 5. The summed E-state index contributed by atoms with van der Waals surface area (Å²) in [6.07, 6.45) is 7.91. The van der Waals surface area contributed by atoms with E-state index in [1.54, 1.807) is 6.07 Å². The number of carbonyl (C=O) groups excluding carboxylic acids is 2. The molecule has 0 radical (unpaired) electrons. The summed E-state index contributed by atoms with van der Waals surface area (Å²) in [5.74, 6) is 1.22. The van der Waals surface area contributed by atoms with Gasteiger partial charge in [0.2, 0.25) is 23.7 Å². The number of nitrogens with one attached hydrogen (secondary N) is 2. The summed E-state index contributed by atoms with van der Waals surface area (Å²) in [5.41, 5.74) is 5.02. The highest BCUT2D eigenvalue weighted by molar-refractivity contribution is 5.93. The van der Waals surface area contributed by atoms with E-state index < -0.39 is 6.10 Å². The SMILES string of the molecule is CC(C)(C)CC(=O)Nc1nc2ccc(C#N)cc2n1C1CCC1.CCC(O)c1ccc2nc(NC(=O)CC(C)(C)C)n(C3CCC3)c2c1. The lowest BCUT2D eigenvalue weighted by atomic mass is 9.92. The highest BCUT2D eigenvalue weighted by Gasteiger charge is 2.28. The van der Waals surface area contributed by atoms with Gasteiger partial charge in [-0.2, -0.15) is 5.26 Å². The van der Waals surface area contributed by atoms with Crippen molar-refractivity contribution >= 4 is 45.8 Å². The first-order valence-electron chi connectivity index (χ1n) is 17.4. The van der Waals surface area contributed by atoms with Gasteiger partial charge >= 0.3 is 0 Å². The van der Waals surface area contributed by atoms with Gasteiger partial charge in [-0.15, -0.1) is 0 Å². The summed E-state index contributed by atoms with van der Waals surface area (Å²) in [6.45, 7) is 14.3. The molecule has 256 valence electrons. The number of imidazole rings is 2. The molecule has 6 rings (SSSR count). The number of benzene rings is 2. The van der Waals surface area contributed by atoms with E-state index in [0.717, 1.165) is 53.3 Å². The van der Waals surface area contributed by atoms with Crippen molar-refractivity contribution in [1.29, 1.82) is 5.26 Å². The standard InChI is InChI=1S/C20H29N3O2.C18H22N4O/c1-5-17(24)13-9-10-15-16(11-13)23(14-7-6-8-14)19(21-15)22-18(25)12-20(2,3)4;1-18(2,3)10-16(23)21-17-20-14-8-7-12(11-19)9-15(14)22(17)13-5-4-6-13/h9-11,14,17,24H,5-8,12H2,1-4H3,(H,21,22,25);7-9,13H,4-6,10H2,1-3H3,(H,20,21,23). The van der Waals surface area contributed by atoms with Gasteiger partial charge in [-0.25, -0.2) is 9.97 Å². The molecule has 0 aliphatic heterocycles. The second-order valence-corrected chi connectivity index (χ2v) is 15.8. The quantitative estimate of drug-likeness (QED) is 0.174. The molecule has 3 N–H and O–H groups in total. The van der Waals surface area contributed by atoms with Crippen molar-refractivity contribution in [3.63, 3.8) is 0 Å². The van der Waals surface area contributed by atoms with Crippen molar-refractivity contribution in [2.45, 2.75) is 124 Å². The first-order valence-corrected chi connectivity index (χ1v) is 17.4. The molecule has 10 heteroatoms. The third-order valence-corrected chi connectivity index (χ3v) is 9.07. The maximum absolute atomic E-state index is 12.4. The van der Waals surface area contributed by atoms with Gasteiger partial charge in [-0.05, 0) is 91.7 Å². The van der Waals surface area contributed by atoms with Crippen molar-refractivity contribution in [3.05, 3.63) is 47.5 Å². The number of anilines is 2. The first-order chi connectivity index (χ1) is 22.7. The summed E-state index contributed by atoms with van der Waals surface area (Å²) in [7, 11) is 0. The van der Waals surface area contributed by atoms with Gasteiger partial charge < -0.3 is 14.2 Å². The highest BCUT2D eigenvalue weighted by atomic mass is 16.3. The minimum absolute atomic E-state index is 0.00260. The Balaban J connectivity index is 0.000000188. The van der Waals surface area contributed by atoms with Gasteiger partial charge in [0.05, 0.1) is 39.8 Å². The summed E-state index contributed by atoms with van der Waals surface area (Å²) in [5, 5.41) is 25.3. The number of carbonyl (C=O) groups is 2. The van der Waals surface area contributed by atoms with Crippen LogP contribution in [0.1, 0.15) is 136 Å². The molecule has 0 saturated heterocycles. The molecule has 10 nitrogen and oxygen atoms in total. The summed E-state index contributed by atoms with van der Waals surface area (Å²) >= 11 is 0. The Bertz CT molecular complexity index is 1830. The molecule has 2 aromatic heterocycles. The topological polar surface area (TPSA) is 138 Å². The molecule has 4 aromatic rings. The number of amides is 2. The highest BCUT2D eigenvalue weighted by Crippen LogP contribution is 2.39. The monoisotopic (exact) mass is 653 g/mol.